The van der Waals surface area contributed by atoms with E-state index >= 15 is 0 Å². The van der Waals surface area contributed by atoms with Gasteiger partial charge in [0.05, 0.1) is 5.69 Å². The van der Waals surface area contributed by atoms with Gasteiger partial charge in [0.1, 0.15) is 5.69 Å². The van der Waals surface area contributed by atoms with Crippen LogP contribution in [0.1, 0.15) is 21.7 Å². The van der Waals surface area contributed by atoms with Gasteiger partial charge in [-0.25, -0.2) is 8.78 Å². The molecule has 0 unspecified atom stereocenters. The number of hydrogen-bond acceptors (Lipinski definition) is 2. The molecule has 0 amide bonds. The molecule has 18 heavy (non-hydrogen) atoms. The van der Waals surface area contributed by atoms with Gasteiger partial charge in [0.2, 0.25) is 0 Å². The quantitative estimate of drug-likeness (QED) is 0.784. The molecule has 0 radical (unpaired) electrons. The zero-order valence-corrected chi connectivity index (χ0v) is 10.1. The van der Waals surface area contributed by atoms with Crippen molar-refractivity contribution in [2.45, 2.75) is 13.3 Å². The molecule has 5 heteroatoms. The standard InChI is InChI=1S/C13H12F2N2O/c1-8-6-11(17(2)16-8)12(18)7-9-4-3-5-10(14)13(9)15/h3-6H,7H2,1-2H3. The van der Waals surface area contributed by atoms with E-state index in [0.29, 0.717) is 11.4 Å². The third-order valence-corrected chi connectivity index (χ3v) is 2.67. The number of carbonyl (C=O) groups is 1. The van der Waals surface area contributed by atoms with Gasteiger partial charge in [0.15, 0.2) is 17.4 Å². The summed E-state index contributed by atoms with van der Waals surface area (Å²) in [5.74, 6) is -2.20. The molecule has 1 heterocycles. The monoisotopic (exact) mass is 250 g/mol. The highest BCUT2D eigenvalue weighted by Gasteiger charge is 2.16. The minimum Gasteiger partial charge on any atom is -0.292 e. The Bertz CT molecular complexity index is 605. The van der Waals surface area contributed by atoms with Gasteiger partial charge < -0.3 is 0 Å². The maximum absolute atomic E-state index is 13.4. The summed E-state index contributed by atoms with van der Waals surface area (Å²) in [7, 11) is 1.64. The second-order valence-corrected chi connectivity index (χ2v) is 4.11. The summed E-state index contributed by atoms with van der Waals surface area (Å²) in [6.07, 6.45) is -0.178. The van der Waals surface area contributed by atoms with Gasteiger partial charge in [-0.1, -0.05) is 12.1 Å². The lowest BCUT2D eigenvalue weighted by Gasteiger charge is -2.03. The van der Waals surface area contributed by atoms with Gasteiger partial charge in [-0.05, 0) is 24.6 Å². The second kappa shape index (κ2) is 4.68. The third kappa shape index (κ3) is 2.30. The van der Waals surface area contributed by atoms with Gasteiger partial charge >= 0.3 is 0 Å². The first-order valence-electron chi connectivity index (χ1n) is 5.45. The molecule has 0 aliphatic carbocycles. The van der Waals surface area contributed by atoms with Crippen LogP contribution in [0.2, 0.25) is 0 Å². The molecule has 1 aromatic heterocycles. The summed E-state index contributed by atoms with van der Waals surface area (Å²) in [4.78, 5) is 12.0. The number of aryl methyl sites for hydroxylation is 2. The van der Waals surface area contributed by atoms with E-state index in [1.165, 1.54) is 16.8 Å². The van der Waals surface area contributed by atoms with Crippen LogP contribution in [0.5, 0.6) is 0 Å². The number of carbonyl (C=O) groups excluding carboxylic acids is 1. The molecule has 0 spiro atoms. The molecule has 94 valence electrons. The largest absolute Gasteiger partial charge is 0.292 e. The van der Waals surface area contributed by atoms with Crippen molar-refractivity contribution in [1.29, 1.82) is 0 Å². The van der Waals surface area contributed by atoms with E-state index in [4.69, 9.17) is 0 Å². The van der Waals surface area contributed by atoms with E-state index in [1.807, 2.05) is 0 Å². The Hall–Kier alpha value is -2.04. The van der Waals surface area contributed by atoms with Crippen LogP contribution in [-0.2, 0) is 13.5 Å². The molecule has 0 aliphatic heterocycles. The maximum atomic E-state index is 13.4. The van der Waals surface area contributed by atoms with Crippen molar-refractivity contribution < 1.29 is 13.6 Å². The Morgan fingerprint density at radius 3 is 2.72 bits per heavy atom. The highest BCUT2D eigenvalue weighted by atomic mass is 19.2. The highest BCUT2D eigenvalue weighted by Crippen LogP contribution is 2.14. The lowest BCUT2D eigenvalue weighted by Crippen LogP contribution is -2.11. The van der Waals surface area contributed by atoms with Crippen LogP contribution < -0.4 is 0 Å². The van der Waals surface area contributed by atoms with Crippen LogP contribution in [0.25, 0.3) is 0 Å². The van der Waals surface area contributed by atoms with Crippen molar-refractivity contribution >= 4 is 5.78 Å². The topological polar surface area (TPSA) is 34.9 Å². The molecule has 0 fully saturated rings. The number of nitrogens with zero attached hydrogens (tertiary/aromatic N) is 2. The molecule has 0 saturated carbocycles. The van der Waals surface area contributed by atoms with Gasteiger partial charge in [0, 0.05) is 13.5 Å². The Balaban J connectivity index is 2.27. The number of halogens is 2. The van der Waals surface area contributed by atoms with Crippen molar-refractivity contribution in [1.82, 2.24) is 9.78 Å². The molecule has 2 rings (SSSR count). The van der Waals surface area contributed by atoms with Crippen LogP contribution in [-0.4, -0.2) is 15.6 Å². The predicted molar refractivity (Wildman–Crippen MR) is 62.3 cm³/mol. The minimum absolute atomic E-state index is 0.0545. The Morgan fingerprint density at radius 2 is 2.11 bits per heavy atom. The summed E-state index contributed by atoms with van der Waals surface area (Å²) in [5, 5.41) is 4.04. The third-order valence-electron chi connectivity index (χ3n) is 2.67. The van der Waals surface area contributed by atoms with E-state index in [1.54, 1.807) is 20.0 Å². The van der Waals surface area contributed by atoms with Crippen LogP contribution in [0.15, 0.2) is 24.3 Å². The Kier molecular flexibility index (Phi) is 3.23. The second-order valence-electron chi connectivity index (χ2n) is 4.11. The van der Waals surface area contributed by atoms with E-state index in [2.05, 4.69) is 5.10 Å². The van der Waals surface area contributed by atoms with Gasteiger partial charge in [-0.15, -0.1) is 0 Å². The van der Waals surface area contributed by atoms with Gasteiger partial charge in [-0.2, -0.15) is 5.10 Å². The summed E-state index contributed by atoms with van der Waals surface area (Å²) in [6.45, 7) is 1.76. The van der Waals surface area contributed by atoms with Crippen LogP contribution in [0.3, 0.4) is 0 Å². The van der Waals surface area contributed by atoms with E-state index in [0.717, 1.165) is 6.07 Å². The lowest BCUT2D eigenvalue weighted by molar-refractivity contribution is 0.0982. The number of benzene rings is 1. The first-order chi connectivity index (χ1) is 8.49. The van der Waals surface area contributed by atoms with E-state index < -0.39 is 11.6 Å². The molecule has 0 atom stereocenters. The number of hydrogen-bond donors (Lipinski definition) is 0. The average molecular weight is 250 g/mol. The van der Waals surface area contributed by atoms with Gasteiger partial charge in [0.25, 0.3) is 0 Å². The van der Waals surface area contributed by atoms with Crippen molar-refractivity contribution in [3.05, 3.63) is 52.9 Å². The fraction of sp³-hybridized carbons (Fsp3) is 0.231. The van der Waals surface area contributed by atoms with E-state index in [-0.39, 0.29) is 17.8 Å². The summed E-state index contributed by atoms with van der Waals surface area (Å²) in [6, 6.07) is 5.44. The Labute approximate surface area is 103 Å². The molecule has 0 N–H and O–H groups in total. The first kappa shape index (κ1) is 12.4. The molecule has 2 aromatic rings. The van der Waals surface area contributed by atoms with Crippen LogP contribution in [0, 0.1) is 18.6 Å². The number of Topliss-reactive ketones (excluding diaryl/α,β-unsaturated/α-hetero) is 1. The molecule has 3 nitrogen and oxygen atoms in total. The van der Waals surface area contributed by atoms with Crippen molar-refractivity contribution in [2.24, 2.45) is 7.05 Å². The summed E-state index contributed by atoms with van der Waals surface area (Å²) < 4.78 is 27.9. The Morgan fingerprint density at radius 1 is 1.39 bits per heavy atom. The lowest BCUT2D eigenvalue weighted by atomic mass is 10.1. The zero-order valence-electron chi connectivity index (χ0n) is 10.1. The van der Waals surface area contributed by atoms with E-state index in [9.17, 15) is 13.6 Å². The maximum Gasteiger partial charge on any atom is 0.185 e. The summed E-state index contributed by atoms with van der Waals surface area (Å²) in [5.41, 5.74) is 1.15. The van der Waals surface area contributed by atoms with Crippen LogP contribution in [0.4, 0.5) is 8.78 Å². The molecule has 1 aromatic carbocycles. The predicted octanol–water partition coefficient (Wildman–Crippen LogP) is 2.43. The van der Waals surface area contributed by atoms with Crippen LogP contribution >= 0.6 is 0 Å². The molecule has 0 aliphatic rings. The zero-order chi connectivity index (χ0) is 13.3. The summed E-state index contributed by atoms with van der Waals surface area (Å²) >= 11 is 0. The minimum atomic E-state index is -0.968. The van der Waals surface area contributed by atoms with Gasteiger partial charge in [-0.3, -0.25) is 9.48 Å². The number of ketones is 1. The first-order valence-corrected chi connectivity index (χ1v) is 5.45. The average Bonchev–Trinajstić information content (AvgIpc) is 2.64. The number of rotatable bonds is 3. The fourth-order valence-corrected chi connectivity index (χ4v) is 1.82. The van der Waals surface area contributed by atoms with Crippen molar-refractivity contribution in [3.8, 4) is 0 Å². The van der Waals surface area contributed by atoms with Crippen molar-refractivity contribution in [3.63, 3.8) is 0 Å². The normalized spacial score (nSPS) is 10.7. The number of aromatic nitrogens is 2. The smallest absolute Gasteiger partial charge is 0.185 e. The molecular weight excluding hydrogens is 238 g/mol. The highest BCUT2D eigenvalue weighted by molar-refractivity contribution is 5.96. The SMILES string of the molecule is Cc1cc(C(=O)Cc2cccc(F)c2F)n(C)n1. The van der Waals surface area contributed by atoms with Crippen molar-refractivity contribution in [2.75, 3.05) is 0 Å². The molecule has 0 saturated heterocycles. The molecular formula is C13H12F2N2O. The fourth-order valence-electron chi connectivity index (χ4n) is 1.82. The molecule has 0 bridgehead atoms.